The summed E-state index contributed by atoms with van der Waals surface area (Å²) < 4.78 is 12.9. The Labute approximate surface area is 260 Å². The number of halogens is 2. The van der Waals surface area contributed by atoms with Crippen molar-refractivity contribution in [2.45, 2.75) is 32.2 Å². The molecule has 13 heteroatoms. The molecule has 1 saturated heterocycles. The van der Waals surface area contributed by atoms with Crippen molar-refractivity contribution in [1.82, 2.24) is 29.2 Å². The average Bonchev–Trinajstić information content (AvgIpc) is 3.43. The Morgan fingerprint density at radius 3 is 2.47 bits per heavy atom. The molecule has 4 aromatic rings. The van der Waals surface area contributed by atoms with Gasteiger partial charge in [-0.05, 0) is 45.4 Å². The van der Waals surface area contributed by atoms with Crippen molar-refractivity contribution >= 4 is 63.1 Å². The van der Waals surface area contributed by atoms with Crippen LogP contribution in [0.4, 0.5) is 17.3 Å². The van der Waals surface area contributed by atoms with Crippen LogP contribution in [0.2, 0.25) is 10.0 Å². The lowest BCUT2D eigenvalue weighted by Crippen LogP contribution is -2.60. The van der Waals surface area contributed by atoms with Crippen molar-refractivity contribution in [1.29, 1.82) is 0 Å². The van der Waals surface area contributed by atoms with Crippen LogP contribution in [0.5, 0.6) is 11.5 Å². The minimum atomic E-state index is -0.262. The quantitative estimate of drug-likeness (QED) is 0.223. The number of amides is 1. The Morgan fingerprint density at radius 2 is 1.84 bits per heavy atom. The van der Waals surface area contributed by atoms with Gasteiger partial charge in [0, 0.05) is 50.5 Å². The fraction of sp³-hybridized carbons (Fsp3) is 0.400. The van der Waals surface area contributed by atoms with E-state index in [0.29, 0.717) is 56.7 Å². The second-order valence-electron chi connectivity index (χ2n) is 11.0. The summed E-state index contributed by atoms with van der Waals surface area (Å²) in [7, 11) is 4.85. The molecule has 0 unspecified atom stereocenters. The summed E-state index contributed by atoms with van der Waals surface area (Å²) in [6, 6.07) is 3.57. The fourth-order valence-electron chi connectivity index (χ4n) is 5.59. The lowest BCUT2D eigenvalue weighted by atomic mass is 9.98. The normalized spacial score (nSPS) is 15.1. The van der Waals surface area contributed by atoms with Crippen molar-refractivity contribution in [2.75, 3.05) is 58.1 Å². The van der Waals surface area contributed by atoms with Gasteiger partial charge in [-0.3, -0.25) is 14.1 Å². The molecule has 0 aliphatic carbocycles. The molecular weight excluding hydrogens is 591 g/mol. The summed E-state index contributed by atoms with van der Waals surface area (Å²) in [5.41, 5.74) is 3.14. The number of imidazole rings is 1. The summed E-state index contributed by atoms with van der Waals surface area (Å²) in [6.45, 7) is 11.0. The monoisotopic (exact) mass is 626 g/mol. The maximum Gasteiger partial charge on any atom is 0.246 e. The number of nitrogens with one attached hydrogen (secondary N) is 2. The molecule has 4 heterocycles. The summed E-state index contributed by atoms with van der Waals surface area (Å²) in [5.74, 6) is 1.33. The van der Waals surface area contributed by atoms with E-state index in [1.54, 1.807) is 19.3 Å². The van der Waals surface area contributed by atoms with Gasteiger partial charge in [0.1, 0.15) is 21.5 Å². The molecule has 0 saturated carbocycles. The number of hydrogen-bond acceptors (Lipinski definition) is 9. The van der Waals surface area contributed by atoms with Crippen LogP contribution < -0.4 is 20.1 Å². The third-order valence-corrected chi connectivity index (χ3v) is 8.46. The lowest BCUT2D eigenvalue weighted by molar-refractivity contribution is -0.135. The third kappa shape index (κ3) is 6.02. The van der Waals surface area contributed by atoms with Gasteiger partial charge in [-0.1, -0.05) is 29.8 Å². The zero-order valence-corrected chi connectivity index (χ0v) is 26.5. The predicted octanol–water partition coefficient (Wildman–Crippen LogP) is 5.43. The molecular formula is C30H36Cl2N8O3. The summed E-state index contributed by atoms with van der Waals surface area (Å²) in [6.07, 6.45) is 6.82. The molecule has 0 radical (unpaired) electrons. The standard InChI is InChI=1S/C30H36Cl2N8O3/c1-7-23(41)40-12-11-38(17-30(40,2)3)10-8-9-19-16-39-27-18(15-34-29(33-4)37-27)13-20(28(39)35-19)36-26-24(31)21(42-5)14-22(43-6)25(26)32/h7,13-16,36H,1,8-12,17H2,2-6H3,(H,33,34,37). The molecule has 228 valence electrons. The second-order valence-corrected chi connectivity index (χ2v) is 11.8. The number of carbonyl (C=O) groups excluding carboxylic acids is 1. The predicted molar refractivity (Wildman–Crippen MR) is 171 cm³/mol. The molecule has 11 nitrogen and oxygen atoms in total. The smallest absolute Gasteiger partial charge is 0.246 e. The Kier molecular flexibility index (Phi) is 8.86. The van der Waals surface area contributed by atoms with E-state index < -0.39 is 0 Å². The maximum absolute atomic E-state index is 12.3. The fourth-order valence-corrected chi connectivity index (χ4v) is 6.18. The van der Waals surface area contributed by atoms with Crippen LogP contribution in [0, 0.1) is 0 Å². The largest absolute Gasteiger partial charge is 0.495 e. The number of benzene rings is 1. The number of aromatic nitrogens is 4. The van der Waals surface area contributed by atoms with Gasteiger partial charge < -0.3 is 25.0 Å². The SMILES string of the molecule is C=CC(=O)N1CCN(CCCc2cn3c(n2)c(Nc2c(Cl)c(OC)cc(OC)c2Cl)cc2cnc(NC)nc23)CC1(C)C. The Hall–Kier alpha value is -3.80. The number of fused-ring (bicyclic) bond motifs is 3. The van der Waals surface area contributed by atoms with Gasteiger partial charge in [0.25, 0.3) is 0 Å². The van der Waals surface area contributed by atoms with E-state index in [9.17, 15) is 4.79 Å². The van der Waals surface area contributed by atoms with Crippen LogP contribution in [-0.4, -0.2) is 88.0 Å². The first kappa shape index (κ1) is 30.7. The van der Waals surface area contributed by atoms with E-state index in [0.717, 1.165) is 43.6 Å². The van der Waals surface area contributed by atoms with E-state index in [4.69, 9.17) is 42.6 Å². The minimum Gasteiger partial charge on any atom is -0.495 e. The van der Waals surface area contributed by atoms with Crippen molar-refractivity contribution in [2.24, 2.45) is 0 Å². The third-order valence-electron chi connectivity index (χ3n) is 7.71. The molecule has 1 aliphatic rings. The molecule has 1 amide bonds. The van der Waals surface area contributed by atoms with Crippen LogP contribution in [-0.2, 0) is 11.2 Å². The highest BCUT2D eigenvalue weighted by Crippen LogP contribution is 2.45. The molecule has 0 atom stereocenters. The van der Waals surface area contributed by atoms with Crippen LogP contribution in [0.3, 0.4) is 0 Å². The summed E-state index contributed by atoms with van der Waals surface area (Å²) in [5, 5.41) is 7.82. The minimum absolute atomic E-state index is 0.0220. The first-order valence-electron chi connectivity index (χ1n) is 14.0. The number of aryl methyl sites for hydroxylation is 1. The van der Waals surface area contributed by atoms with Gasteiger partial charge in [0.15, 0.2) is 11.3 Å². The first-order chi connectivity index (χ1) is 20.6. The van der Waals surface area contributed by atoms with Gasteiger partial charge in [-0.15, -0.1) is 0 Å². The molecule has 1 fully saturated rings. The van der Waals surface area contributed by atoms with E-state index >= 15 is 0 Å². The van der Waals surface area contributed by atoms with Gasteiger partial charge in [-0.25, -0.2) is 9.97 Å². The highest BCUT2D eigenvalue weighted by atomic mass is 35.5. The van der Waals surface area contributed by atoms with Gasteiger partial charge in [0.05, 0.1) is 36.8 Å². The lowest BCUT2D eigenvalue weighted by Gasteiger charge is -2.46. The van der Waals surface area contributed by atoms with Crippen LogP contribution in [0.25, 0.3) is 16.7 Å². The highest BCUT2D eigenvalue weighted by molar-refractivity contribution is 6.41. The molecule has 43 heavy (non-hydrogen) atoms. The van der Waals surface area contributed by atoms with Crippen LogP contribution in [0.15, 0.2) is 37.2 Å². The first-order valence-corrected chi connectivity index (χ1v) is 14.7. The number of methoxy groups -OCH3 is 2. The van der Waals surface area contributed by atoms with Crippen molar-refractivity contribution in [3.05, 3.63) is 52.9 Å². The molecule has 2 N–H and O–H groups in total. The zero-order chi connectivity index (χ0) is 30.9. The topological polar surface area (TPSA) is 109 Å². The van der Waals surface area contributed by atoms with Gasteiger partial charge in [0.2, 0.25) is 11.9 Å². The molecule has 1 aromatic carbocycles. The molecule has 5 rings (SSSR count). The van der Waals surface area contributed by atoms with E-state index in [1.165, 1.54) is 20.3 Å². The Bertz CT molecular complexity index is 1660. The highest BCUT2D eigenvalue weighted by Gasteiger charge is 2.35. The van der Waals surface area contributed by atoms with Crippen molar-refractivity contribution in [3.63, 3.8) is 0 Å². The number of nitrogens with zero attached hydrogens (tertiary/aromatic N) is 6. The average molecular weight is 628 g/mol. The second kappa shape index (κ2) is 12.4. The number of rotatable bonds is 10. The number of ether oxygens (including phenoxy) is 2. The molecule has 0 spiro atoms. The summed E-state index contributed by atoms with van der Waals surface area (Å²) in [4.78, 5) is 30.7. The van der Waals surface area contributed by atoms with Crippen molar-refractivity contribution < 1.29 is 14.3 Å². The number of carbonyl (C=O) groups is 1. The van der Waals surface area contributed by atoms with Gasteiger partial charge in [-0.2, -0.15) is 4.98 Å². The van der Waals surface area contributed by atoms with E-state index in [1.807, 2.05) is 21.6 Å². The molecule has 1 aliphatic heterocycles. The number of piperazine rings is 1. The maximum atomic E-state index is 12.3. The van der Waals surface area contributed by atoms with E-state index in [-0.39, 0.29) is 11.4 Å². The number of hydrogen-bond donors (Lipinski definition) is 2. The number of pyridine rings is 1. The molecule has 3 aromatic heterocycles. The Balaban J connectivity index is 1.45. The summed E-state index contributed by atoms with van der Waals surface area (Å²) >= 11 is 13.4. The van der Waals surface area contributed by atoms with Crippen LogP contribution in [0.1, 0.15) is 26.0 Å². The molecule has 0 bridgehead atoms. The zero-order valence-electron chi connectivity index (χ0n) is 25.0. The van der Waals surface area contributed by atoms with Crippen molar-refractivity contribution in [3.8, 4) is 11.5 Å². The number of anilines is 3. The van der Waals surface area contributed by atoms with E-state index in [2.05, 4.69) is 40.9 Å². The van der Waals surface area contributed by atoms with Gasteiger partial charge >= 0.3 is 0 Å². The Morgan fingerprint density at radius 1 is 1.12 bits per heavy atom. The van der Waals surface area contributed by atoms with Crippen LogP contribution >= 0.6 is 23.2 Å².